The molecule has 1 fully saturated rings. The van der Waals surface area contributed by atoms with Crippen LogP contribution in [0, 0.1) is 0 Å². The second-order valence-electron chi connectivity index (χ2n) is 5.97. The number of carbonyl (C=O) groups is 1. The molecule has 2 amide bonds. The van der Waals surface area contributed by atoms with E-state index in [1.165, 1.54) is 0 Å². The molecule has 0 aromatic heterocycles. The summed E-state index contributed by atoms with van der Waals surface area (Å²) in [7, 11) is 2.21. The minimum atomic E-state index is -0.106. The number of likely N-dealkylation sites (N-methyl/N-ethyl adjacent to an activating group) is 1. The van der Waals surface area contributed by atoms with Crippen molar-refractivity contribution in [3.05, 3.63) is 40.9 Å². The molecule has 0 radical (unpaired) electrons. The monoisotopic (exact) mass is 469 g/mol. The summed E-state index contributed by atoms with van der Waals surface area (Å²) in [5.74, 6) is 0. The van der Waals surface area contributed by atoms with Crippen LogP contribution >= 0.6 is 23.2 Å². The van der Waals surface area contributed by atoms with Gasteiger partial charge >= 0.3 is 6.03 Å². The predicted octanol–water partition coefficient (Wildman–Crippen LogP) is 0.868. The summed E-state index contributed by atoms with van der Waals surface area (Å²) < 4.78 is 0.927. The lowest BCUT2D eigenvalue weighted by Gasteiger charge is -2.32. The number of nitrogens with zero attached hydrogens (tertiary/aromatic N) is 2. The molecule has 1 aromatic carbocycles. The van der Waals surface area contributed by atoms with Gasteiger partial charge in [-0.05, 0) is 24.3 Å². The summed E-state index contributed by atoms with van der Waals surface area (Å²) in [6.45, 7) is 8.22. The molecule has 1 unspecified atom stereocenters. The van der Waals surface area contributed by atoms with E-state index in [4.69, 9.17) is 23.2 Å². The van der Waals surface area contributed by atoms with Crippen LogP contribution in [0.4, 0.5) is 10.5 Å². The van der Waals surface area contributed by atoms with Crippen molar-refractivity contribution < 1.29 is 33.3 Å². The van der Waals surface area contributed by atoms with E-state index in [1.807, 2.05) is 11.0 Å². The Bertz CT molecular complexity index is 550. The lowest BCUT2D eigenvalue weighted by Crippen LogP contribution is -3.00. The van der Waals surface area contributed by atoms with Gasteiger partial charge in [-0.15, -0.1) is 0 Å². The molecule has 1 atom stereocenters. The molecule has 0 spiro atoms. The van der Waals surface area contributed by atoms with Crippen LogP contribution < -0.4 is 29.3 Å². The standard InChI is InChI=1S/C16H21Cl2N3O.HI/c1-3-7-21(2)8-4-5-20(6-9-21)16(22)19-15-11-13(17)10-14(18)12-15;/h3,10-12H,1,4-9H2,2H3;1H. The van der Waals surface area contributed by atoms with Crippen molar-refractivity contribution in [3.63, 3.8) is 0 Å². The number of hydrogen-bond donors (Lipinski definition) is 1. The Morgan fingerprint density at radius 3 is 2.57 bits per heavy atom. The van der Waals surface area contributed by atoms with Gasteiger partial charge in [0.15, 0.2) is 0 Å². The number of halogens is 3. The van der Waals surface area contributed by atoms with Gasteiger partial charge in [-0.2, -0.15) is 0 Å². The molecule has 1 N–H and O–H groups in total. The number of nitrogens with one attached hydrogen (secondary N) is 1. The zero-order valence-electron chi connectivity index (χ0n) is 13.2. The van der Waals surface area contributed by atoms with Crippen LogP contribution in [0.3, 0.4) is 0 Å². The van der Waals surface area contributed by atoms with E-state index in [9.17, 15) is 4.79 Å². The molecule has 1 aromatic rings. The summed E-state index contributed by atoms with van der Waals surface area (Å²) >= 11 is 11.9. The minimum Gasteiger partial charge on any atom is -1.00 e. The van der Waals surface area contributed by atoms with Crippen LogP contribution in [0.5, 0.6) is 0 Å². The highest BCUT2D eigenvalue weighted by Gasteiger charge is 2.27. The molecule has 128 valence electrons. The number of urea groups is 1. The van der Waals surface area contributed by atoms with Crippen LogP contribution in [-0.2, 0) is 0 Å². The maximum Gasteiger partial charge on any atom is 0.322 e. The van der Waals surface area contributed by atoms with Crippen LogP contribution in [-0.4, -0.2) is 55.2 Å². The topological polar surface area (TPSA) is 32.3 Å². The molecule has 0 aliphatic carbocycles. The summed E-state index contributed by atoms with van der Waals surface area (Å²) in [6.07, 6.45) is 2.93. The fourth-order valence-electron chi connectivity index (χ4n) is 2.75. The van der Waals surface area contributed by atoms with Crippen LogP contribution in [0.1, 0.15) is 6.42 Å². The Labute approximate surface area is 165 Å². The predicted molar refractivity (Wildman–Crippen MR) is 92.7 cm³/mol. The molecule has 7 heteroatoms. The first-order valence-electron chi connectivity index (χ1n) is 7.38. The summed E-state index contributed by atoms with van der Waals surface area (Å²) in [4.78, 5) is 14.3. The Morgan fingerprint density at radius 2 is 1.96 bits per heavy atom. The first-order chi connectivity index (χ1) is 10.4. The van der Waals surface area contributed by atoms with Crippen molar-refractivity contribution in [2.75, 3.05) is 45.1 Å². The highest BCUT2D eigenvalue weighted by molar-refractivity contribution is 6.35. The van der Waals surface area contributed by atoms with Gasteiger partial charge in [0, 0.05) is 28.7 Å². The van der Waals surface area contributed by atoms with E-state index >= 15 is 0 Å². The third-order valence-corrected chi connectivity index (χ3v) is 4.44. The Kier molecular flexibility index (Phi) is 8.13. The maximum atomic E-state index is 12.4. The van der Waals surface area contributed by atoms with Gasteiger partial charge in [0.05, 0.1) is 33.2 Å². The SMILES string of the molecule is C=CC[N+]1(C)CCCN(C(=O)Nc2cc(Cl)cc(Cl)c2)CC1.[I-]. The molecule has 1 heterocycles. The van der Waals surface area contributed by atoms with Crippen molar-refractivity contribution in [3.8, 4) is 0 Å². The fraction of sp³-hybridized carbons (Fsp3) is 0.438. The second-order valence-corrected chi connectivity index (χ2v) is 6.84. The van der Waals surface area contributed by atoms with Gasteiger partial charge in [-0.25, -0.2) is 4.79 Å². The number of quaternary nitrogens is 1. The first-order valence-corrected chi connectivity index (χ1v) is 8.14. The molecular weight excluding hydrogens is 448 g/mol. The van der Waals surface area contributed by atoms with Gasteiger partial charge in [0.1, 0.15) is 0 Å². The van der Waals surface area contributed by atoms with Crippen LogP contribution in [0.25, 0.3) is 0 Å². The van der Waals surface area contributed by atoms with Crippen molar-refractivity contribution in [1.29, 1.82) is 0 Å². The Hall–Kier alpha value is -0.500. The molecule has 1 aliphatic rings. The van der Waals surface area contributed by atoms with E-state index in [1.54, 1.807) is 18.2 Å². The molecule has 23 heavy (non-hydrogen) atoms. The zero-order valence-corrected chi connectivity index (χ0v) is 16.9. The number of rotatable bonds is 3. The van der Waals surface area contributed by atoms with E-state index in [-0.39, 0.29) is 30.0 Å². The highest BCUT2D eigenvalue weighted by Crippen LogP contribution is 2.23. The molecule has 4 nitrogen and oxygen atoms in total. The van der Waals surface area contributed by atoms with Gasteiger partial charge in [0.25, 0.3) is 0 Å². The van der Waals surface area contributed by atoms with E-state index in [2.05, 4.69) is 18.9 Å². The van der Waals surface area contributed by atoms with E-state index in [0.717, 1.165) is 43.6 Å². The average Bonchev–Trinajstić information content (AvgIpc) is 2.60. The zero-order chi connectivity index (χ0) is 16.2. The average molecular weight is 470 g/mol. The van der Waals surface area contributed by atoms with E-state index < -0.39 is 0 Å². The molecule has 0 saturated carbocycles. The minimum absolute atomic E-state index is 0. The molecular formula is C16H22Cl2IN3O. The molecule has 1 aliphatic heterocycles. The third-order valence-electron chi connectivity index (χ3n) is 4.01. The normalized spacial score (nSPS) is 21.1. The number of benzene rings is 1. The van der Waals surface area contributed by atoms with Crippen molar-refractivity contribution >= 4 is 34.9 Å². The van der Waals surface area contributed by atoms with E-state index in [0.29, 0.717) is 15.7 Å². The van der Waals surface area contributed by atoms with Crippen LogP contribution in [0.15, 0.2) is 30.9 Å². The summed E-state index contributed by atoms with van der Waals surface area (Å²) in [5, 5.41) is 3.89. The summed E-state index contributed by atoms with van der Waals surface area (Å²) in [5.41, 5.74) is 0.620. The maximum absolute atomic E-state index is 12.4. The molecule has 0 bridgehead atoms. The molecule has 2 rings (SSSR count). The van der Waals surface area contributed by atoms with Gasteiger partial charge < -0.3 is 38.7 Å². The Balaban J connectivity index is 0.00000264. The highest BCUT2D eigenvalue weighted by atomic mass is 127. The number of carbonyl (C=O) groups excluding carboxylic acids is 1. The summed E-state index contributed by atoms with van der Waals surface area (Å²) in [6, 6.07) is 4.93. The Morgan fingerprint density at radius 1 is 1.30 bits per heavy atom. The lowest BCUT2D eigenvalue weighted by atomic mass is 10.3. The third kappa shape index (κ3) is 6.14. The van der Waals surface area contributed by atoms with Crippen molar-refractivity contribution in [1.82, 2.24) is 4.90 Å². The van der Waals surface area contributed by atoms with Gasteiger partial charge in [-0.3, -0.25) is 0 Å². The first kappa shape index (κ1) is 20.5. The molecule has 1 saturated heterocycles. The number of amides is 2. The quantitative estimate of drug-likeness (QED) is 0.397. The van der Waals surface area contributed by atoms with Gasteiger partial charge in [0.2, 0.25) is 0 Å². The smallest absolute Gasteiger partial charge is 0.322 e. The van der Waals surface area contributed by atoms with Crippen LogP contribution in [0.2, 0.25) is 10.0 Å². The van der Waals surface area contributed by atoms with Gasteiger partial charge in [-0.1, -0.05) is 29.8 Å². The number of anilines is 1. The number of hydrogen-bond acceptors (Lipinski definition) is 1. The largest absolute Gasteiger partial charge is 1.00 e. The second kappa shape index (κ2) is 9.11. The van der Waals surface area contributed by atoms with Crippen molar-refractivity contribution in [2.45, 2.75) is 6.42 Å². The van der Waals surface area contributed by atoms with Crippen molar-refractivity contribution in [2.24, 2.45) is 0 Å². The fourth-order valence-corrected chi connectivity index (χ4v) is 3.28. The lowest BCUT2D eigenvalue weighted by molar-refractivity contribution is -0.901.